The topological polar surface area (TPSA) is 64.6 Å². The van der Waals surface area contributed by atoms with Gasteiger partial charge in [0.05, 0.1) is 17.0 Å². The Morgan fingerprint density at radius 3 is 2.76 bits per heavy atom. The first-order valence-corrected chi connectivity index (χ1v) is 8.49. The maximum Gasteiger partial charge on any atom is 0.315 e. The summed E-state index contributed by atoms with van der Waals surface area (Å²) >= 11 is 7.27. The minimum atomic E-state index is -0.523. The molecule has 2 rings (SSSR count). The maximum absolute atomic E-state index is 11.6. The van der Waals surface area contributed by atoms with Crippen molar-refractivity contribution in [2.45, 2.75) is 31.9 Å². The first-order chi connectivity index (χ1) is 10.1. The molecule has 0 aromatic carbocycles. The van der Waals surface area contributed by atoms with E-state index in [0.717, 1.165) is 18.0 Å². The van der Waals surface area contributed by atoms with Crippen molar-refractivity contribution in [3.05, 3.63) is 21.3 Å². The highest BCUT2D eigenvalue weighted by molar-refractivity contribution is 7.16. The van der Waals surface area contributed by atoms with Crippen molar-refractivity contribution in [1.29, 1.82) is 0 Å². The number of β-amino-alcohol motifs (C(OH)–C–C–N with tert-alkyl or cyclic N) is 1. The molecule has 1 atom stereocenters. The van der Waals surface area contributed by atoms with E-state index >= 15 is 0 Å². The number of nitrogens with zero attached hydrogens (tertiary/aromatic N) is 1. The molecule has 1 fully saturated rings. The third kappa shape index (κ3) is 6.22. The summed E-state index contributed by atoms with van der Waals surface area (Å²) in [6.07, 6.45) is 3.15. The Morgan fingerprint density at radius 1 is 1.33 bits per heavy atom. The minimum Gasteiger partial charge on any atom is -0.390 e. The highest BCUT2D eigenvalue weighted by Crippen LogP contribution is 2.20. The number of halogens is 1. The van der Waals surface area contributed by atoms with Crippen LogP contribution in [0.2, 0.25) is 4.34 Å². The first kappa shape index (κ1) is 16.5. The third-order valence-electron chi connectivity index (χ3n) is 3.47. The van der Waals surface area contributed by atoms with Gasteiger partial charge in [-0.05, 0) is 38.1 Å². The number of carbonyl (C=O) groups excluding carboxylic acids is 1. The van der Waals surface area contributed by atoms with Gasteiger partial charge in [-0.3, -0.25) is 0 Å². The quantitative estimate of drug-likeness (QED) is 0.747. The second-order valence-electron chi connectivity index (χ2n) is 5.28. The van der Waals surface area contributed by atoms with Gasteiger partial charge < -0.3 is 20.6 Å². The van der Waals surface area contributed by atoms with Crippen LogP contribution < -0.4 is 10.6 Å². The van der Waals surface area contributed by atoms with Crippen LogP contribution in [0.5, 0.6) is 0 Å². The molecule has 21 heavy (non-hydrogen) atoms. The number of likely N-dealkylation sites (tertiary alicyclic amines) is 1. The van der Waals surface area contributed by atoms with Gasteiger partial charge in [0.1, 0.15) is 0 Å². The zero-order chi connectivity index (χ0) is 15.1. The van der Waals surface area contributed by atoms with E-state index in [2.05, 4.69) is 15.5 Å². The number of urea groups is 1. The fourth-order valence-electron chi connectivity index (χ4n) is 2.39. The zero-order valence-corrected chi connectivity index (χ0v) is 13.6. The van der Waals surface area contributed by atoms with Crippen LogP contribution in [0.25, 0.3) is 0 Å². The van der Waals surface area contributed by atoms with Crippen molar-refractivity contribution < 1.29 is 9.90 Å². The summed E-state index contributed by atoms with van der Waals surface area (Å²) in [5, 5.41) is 15.4. The third-order valence-corrected chi connectivity index (χ3v) is 4.70. The summed E-state index contributed by atoms with van der Waals surface area (Å²) < 4.78 is 0.712. The molecule has 0 spiro atoms. The fraction of sp³-hybridized carbons (Fsp3) is 0.643. The number of piperidine rings is 1. The van der Waals surface area contributed by atoms with E-state index in [1.54, 1.807) is 0 Å². The van der Waals surface area contributed by atoms with Gasteiger partial charge in [0.2, 0.25) is 0 Å². The molecule has 3 N–H and O–H groups in total. The Bertz CT molecular complexity index is 449. The number of nitrogens with one attached hydrogen (secondary N) is 2. The molecule has 1 saturated heterocycles. The lowest BCUT2D eigenvalue weighted by atomic mass is 10.1. The SMILES string of the molecule is O=C(NCc1ccc(Cl)s1)NC[C@H](O)CN1CCCCC1. The Morgan fingerprint density at radius 2 is 2.10 bits per heavy atom. The Hall–Kier alpha value is -0.820. The molecule has 7 heteroatoms. The smallest absolute Gasteiger partial charge is 0.315 e. The van der Waals surface area contributed by atoms with Crippen LogP contribution >= 0.6 is 22.9 Å². The summed E-state index contributed by atoms with van der Waals surface area (Å²) in [6, 6.07) is 3.43. The van der Waals surface area contributed by atoms with Crippen LogP contribution in [-0.2, 0) is 6.54 Å². The molecular formula is C14H22ClN3O2S. The second kappa shape index (κ2) is 8.58. The number of rotatable bonds is 6. The van der Waals surface area contributed by atoms with Crippen LogP contribution in [0.3, 0.4) is 0 Å². The van der Waals surface area contributed by atoms with Crippen molar-refractivity contribution in [3.63, 3.8) is 0 Å². The van der Waals surface area contributed by atoms with Crippen molar-refractivity contribution in [2.24, 2.45) is 0 Å². The second-order valence-corrected chi connectivity index (χ2v) is 7.08. The molecule has 0 unspecified atom stereocenters. The highest BCUT2D eigenvalue weighted by atomic mass is 35.5. The lowest BCUT2D eigenvalue weighted by Gasteiger charge is -2.28. The monoisotopic (exact) mass is 331 g/mol. The van der Waals surface area contributed by atoms with Gasteiger partial charge in [0.25, 0.3) is 0 Å². The Labute approximate surface area is 134 Å². The molecule has 1 aliphatic rings. The molecule has 2 amide bonds. The van der Waals surface area contributed by atoms with Crippen LogP contribution in [0.15, 0.2) is 12.1 Å². The number of carbonyl (C=O) groups is 1. The number of amides is 2. The van der Waals surface area contributed by atoms with Gasteiger partial charge >= 0.3 is 6.03 Å². The first-order valence-electron chi connectivity index (χ1n) is 7.30. The summed E-state index contributed by atoms with van der Waals surface area (Å²) in [5.74, 6) is 0. The Balaban J connectivity index is 1.59. The number of hydrogen-bond donors (Lipinski definition) is 3. The molecule has 1 aliphatic heterocycles. The average molecular weight is 332 g/mol. The van der Waals surface area contributed by atoms with Gasteiger partial charge in [-0.2, -0.15) is 0 Å². The molecule has 118 valence electrons. The van der Waals surface area contributed by atoms with Gasteiger partial charge in [0, 0.05) is 18.0 Å². The van der Waals surface area contributed by atoms with Gasteiger partial charge in [-0.15, -0.1) is 11.3 Å². The molecule has 0 saturated carbocycles. The van der Waals surface area contributed by atoms with Crippen LogP contribution in [-0.4, -0.2) is 48.3 Å². The van der Waals surface area contributed by atoms with E-state index < -0.39 is 6.10 Å². The molecule has 5 nitrogen and oxygen atoms in total. The lowest BCUT2D eigenvalue weighted by Crippen LogP contribution is -2.44. The number of hydrogen-bond acceptors (Lipinski definition) is 4. The van der Waals surface area contributed by atoms with E-state index in [0.29, 0.717) is 17.4 Å². The van der Waals surface area contributed by atoms with Crippen molar-refractivity contribution >= 4 is 29.0 Å². The summed E-state index contributed by atoms with van der Waals surface area (Å²) in [6.45, 7) is 3.44. The zero-order valence-electron chi connectivity index (χ0n) is 12.0. The summed E-state index contributed by atoms with van der Waals surface area (Å²) in [4.78, 5) is 14.9. The van der Waals surface area contributed by atoms with E-state index in [1.165, 1.54) is 30.6 Å². The standard InChI is InChI=1S/C14H22ClN3O2S/c15-13-5-4-12(21-13)9-17-14(20)16-8-11(19)10-18-6-2-1-3-7-18/h4-5,11,19H,1-3,6-10H2,(H2,16,17,20)/t11-/m0/s1. The van der Waals surface area contributed by atoms with E-state index in [4.69, 9.17) is 11.6 Å². The molecule has 0 radical (unpaired) electrons. The molecule has 0 aliphatic carbocycles. The minimum absolute atomic E-state index is 0.266. The van der Waals surface area contributed by atoms with Gasteiger partial charge in [-0.1, -0.05) is 18.0 Å². The van der Waals surface area contributed by atoms with E-state index in [9.17, 15) is 9.90 Å². The Kier molecular flexibility index (Phi) is 6.76. The van der Waals surface area contributed by atoms with Crippen molar-refractivity contribution in [3.8, 4) is 0 Å². The predicted octanol–water partition coefficient (Wildman–Crippen LogP) is 2.05. The normalized spacial score (nSPS) is 17.4. The van der Waals surface area contributed by atoms with Gasteiger partial charge in [-0.25, -0.2) is 4.79 Å². The molecular weight excluding hydrogens is 310 g/mol. The lowest BCUT2D eigenvalue weighted by molar-refractivity contribution is 0.101. The predicted molar refractivity (Wildman–Crippen MR) is 85.9 cm³/mol. The molecule has 2 heterocycles. The maximum atomic E-state index is 11.6. The fourth-order valence-corrected chi connectivity index (χ4v) is 3.42. The summed E-state index contributed by atoms with van der Waals surface area (Å²) in [7, 11) is 0. The van der Waals surface area contributed by atoms with E-state index in [1.807, 2.05) is 12.1 Å². The number of aliphatic hydroxyl groups excluding tert-OH is 1. The molecule has 1 aromatic heterocycles. The van der Waals surface area contributed by atoms with Gasteiger partial charge in [0.15, 0.2) is 0 Å². The van der Waals surface area contributed by atoms with E-state index in [-0.39, 0.29) is 12.6 Å². The number of thiophene rings is 1. The van der Waals surface area contributed by atoms with Crippen LogP contribution in [0.4, 0.5) is 4.79 Å². The molecule has 0 bridgehead atoms. The van der Waals surface area contributed by atoms with Crippen LogP contribution in [0, 0.1) is 0 Å². The van der Waals surface area contributed by atoms with Crippen molar-refractivity contribution in [1.82, 2.24) is 15.5 Å². The largest absolute Gasteiger partial charge is 0.390 e. The highest BCUT2D eigenvalue weighted by Gasteiger charge is 2.15. The number of aliphatic hydroxyl groups is 1. The average Bonchev–Trinajstić information content (AvgIpc) is 2.90. The molecule has 1 aromatic rings. The van der Waals surface area contributed by atoms with Crippen molar-refractivity contribution in [2.75, 3.05) is 26.2 Å². The summed E-state index contributed by atoms with van der Waals surface area (Å²) in [5.41, 5.74) is 0. The van der Waals surface area contributed by atoms with Crippen LogP contribution in [0.1, 0.15) is 24.1 Å².